The van der Waals surface area contributed by atoms with E-state index in [1.54, 1.807) is 0 Å². The highest BCUT2D eigenvalue weighted by Crippen LogP contribution is 2.10. The van der Waals surface area contributed by atoms with Gasteiger partial charge in [0.05, 0.1) is 0 Å². The Labute approximate surface area is 103 Å². The number of amides is 2. The molecule has 8 heteroatoms. The molecule has 7 nitrogen and oxygen atoms in total. The van der Waals surface area contributed by atoms with Crippen molar-refractivity contribution in [3.63, 3.8) is 0 Å². The van der Waals surface area contributed by atoms with Crippen LogP contribution in [0.15, 0.2) is 0 Å². The second kappa shape index (κ2) is 6.14. The lowest BCUT2D eigenvalue weighted by Crippen LogP contribution is -2.34. The molecule has 0 aliphatic heterocycles. The highest BCUT2D eigenvalue weighted by atomic mass is 32.1. The van der Waals surface area contributed by atoms with E-state index in [0.29, 0.717) is 0 Å². The third-order valence-electron chi connectivity index (χ3n) is 1.72. The summed E-state index contributed by atoms with van der Waals surface area (Å²) in [5.41, 5.74) is 5.35. The minimum Gasteiger partial charge on any atom is -0.374 e. The summed E-state index contributed by atoms with van der Waals surface area (Å²) in [6.07, 6.45) is 0.234. The van der Waals surface area contributed by atoms with E-state index < -0.39 is 0 Å². The molecule has 0 fully saturated rings. The van der Waals surface area contributed by atoms with Crippen molar-refractivity contribution in [2.75, 3.05) is 12.3 Å². The zero-order chi connectivity index (χ0) is 12.8. The Balaban J connectivity index is 2.27. The van der Waals surface area contributed by atoms with Gasteiger partial charge in [-0.3, -0.25) is 9.59 Å². The van der Waals surface area contributed by atoms with Crippen LogP contribution in [0, 0.1) is 0 Å². The van der Waals surface area contributed by atoms with Gasteiger partial charge in [-0.1, -0.05) is 11.3 Å². The van der Waals surface area contributed by atoms with Gasteiger partial charge in [0.15, 0.2) is 0 Å². The van der Waals surface area contributed by atoms with Gasteiger partial charge in [-0.25, -0.2) is 0 Å². The molecule has 1 aromatic heterocycles. The molecule has 0 spiro atoms. The van der Waals surface area contributed by atoms with Gasteiger partial charge in [-0.2, -0.15) is 0 Å². The lowest BCUT2D eigenvalue weighted by Gasteiger charge is -2.08. The van der Waals surface area contributed by atoms with Gasteiger partial charge >= 0.3 is 0 Å². The van der Waals surface area contributed by atoms with E-state index in [1.165, 1.54) is 0 Å². The van der Waals surface area contributed by atoms with Crippen molar-refractivity contribution in [3.8, 4) is 0 Å². The molecule has 0 aliphatic rings. The van der Waals surface area contributed by atoms with Crippen molar-refractivity contribution in [1.29, 1.82) is 0 Å². The number of nitrogens with zero attached hydrogens (tertiary/aromatic N) is 2. The molecular weight excluding hydrogens is 242 g/mol. The maximum atomic E-state index is 11.5. The third-order valence-corrected chi connectivity index (χ3v) is 2.47. The maximum absolute atomic E-state index is 11.5. The lowest BCUT2D eigenvalue weighted by atomic mass is 10.3. The van der Waals surface area contributed by atoms with Gasteiger partial charge in [-0.15, -0.1) is 10.2 Å². The number of rotatable bonds is 5. The van der Waals surface area contributed by atoms with Crippen molar-refractivity contribution < 1.29 is 9.59 Å². The van der Waals surface area contributed by atoms with Crippen LogP contribution in [-0.2, 0) is 4.79 Å². The zero-order valence-electron chi connectivity index (χ0n) is 9.69. The summed E-state index contributed by atoms with van der Waals surface area (Å²) >= 11 is 1.01. The van der Waals surface area contributed by atoms with Gasteiger partial charge in [0.2, 0.25) is 16.0 Å². The maximum Gasteiger partial charge on any atom is 0.282 e. The normalized spacial score (nSPS) is 10.3. The summed E-state index contributed by atoms with van der Waals surface area (Å²) in [5.74, 6) is -0.464. The molecule has 0 saturated heterocycles. The summed E-state index contributed by atoms with van der Waals surface area (Å²) in [4.78, 5) is 22.7. The minimum atomic E-state index is -0.364. The molecule has 1 aromatic rings. The van der Waals surface area contributed by atoms with Crippen LogP contribution in [0.1, 0.15) is 30.1 Å². The Morgan fingerprint density at radius 2 is 2.12 bits per heavy atom. The summed E-state index contributed by atoms with van der Waals surface area (Å²) in [6, 6.07) is 0.0983. The number of hydrogen-bond acceptors (Lipinski definition) is 6. The van der Waals surface area contributed by atoms with Crippen molar-refractivity contribution in [1.82, 2.24) is 20.8 Å². The van der Waals surface area contributed by atoms with Crippen LogP contribution in [0.3, 0.4) is 0 Å². The first kappa shape index (κ1) is 13.4. The number of nitrogens with one attached hydrogen (secondary N) is 2. The average molecular weight is 257 g/mol. The number of carbonyl (C=O) groups is 2. The number of carbonyl (C=O) groups excluding carboxylic acids is 2. The van der Waals surface area contributed by atoms with E-state index in [2.05, 4.69) is 20.8 Å². The van der Waals surface area contributed by atoms with E-state index in [0.717, 1.165) is 11.3 Å². The predicted octanol–water partition coefficient (Wildman–Crippen LogP) is -0.235. The highest BCUT2D eigenvalue weighted by Gasteiger charge is 2.11. The Kier molecular flexibility index (Phi) is 4.83. The Hall–Kier alpha value is -1.70. The highest BCUT2D eigenvalue weighted by molar-refractivity contribution is 7.16. The van der Waals surface area contributed by atoms with E-state index in [9.17, 15) is 9.59 Å². The molecule has 2 amide bonds. The van der Waals surface area contributed by atoms with Gasteiger partial charge in [-0.05, 0) is 13.8 Å². The van der Waals surface area contributed by atoms with Crippen molar-refractivity contribution in [2.24, 2.45) is 0 Å². The Bertz CT molecular complexity index is 404. The summed E-state index contributed by atoms with van der Waals surface area (Å²) in [7, 11) is 0. The number of nitrogen functional groups attached to an aromatic ring is 1. The van der Waals surface area contributed by atoms with Gasteiger partial charge in [0.25, 0.3) is 5.91 Å². The number of aromatic nitrogens is 2. The Morgan fingerprint density at radius 1 is 1.41 bits per heavy atom. The quantitative estimate of drug-likeness (QED) is 0.674. The second-order valence-electron chi connectivity index (χ2n) is 3.67. The van der Waals surface area contributed by atoms with Crippen molar-refractivity contribution >= 4 is 28.3 Å². The topological polar surface area (TPSA) is 110 Å². The molecule has 0 atom stereocenters. The first-order valence-electron chi connectivity index (χ1n) is 5.15. The van der Waals surface area contributed by atoms with Gasteiger partial charge in [0, 0.05) is 19.0 Å². The molecule has 0 aromatic carbocycles. The number of nitrogens with two attached hydrogens (primary N) is 1. The smallest absolute Gasteiger partial charge is 0.282 e. The monoisotopic (exact) mass is 257 g/mol. The fourth-order valence-corrected chi connectivity index (χ4v) is 1.61. The van der Waals surface area contributed by atoms with E-state index in [1.807, 2.05) is 13.8 Å². The predicted molar refractivity (Wildman–Crippen MR) is 64.6 cm³/mol. The van der Waals surface area contributed by atoms with E-state index in [4.69, 9.17) is 5.73 Å². The lowest BCUT2D eigenvalue weighted by molar-refractivity contribution is -0.121. The molecule has 0 unspecified atom stereocenters. The van der Waals surface area contributed by atoms with Crippen LogP contribution < -0.4 is 16.4 Å². The van der Waals surface area contributed by atoms with Gasteiger partial charge in [0.1, 0.15) is 0 Å². The van der Waals surface area contributed by atoms with Crippen molar-refractivity contribution in [3.05, 3.63) is 5.01 Å². The van der Waals surface area contributed by atoms with Crippen LogP contribution in [0.25, 0.3) is 0 Å². The molecular formula is C9H15N5O2S. The molecule has 94 valence electrons. The largest absolute Gasteiger partial charge is 0.374 e. The first-order chi connectivity index (χ1) is 7.99. The summed E-state index contributed by atoms with van der Waals surface area (Å²) in [5, 5.41) is 12.9. The number of hydrogen-bond donors (Lipinski definition) is 3. The third kappa shape index (κ3) is 4.77. The van der Waals surface area contributed by atoms with E-state index >= 15 is 0 Å². The molecule has 17 heavy (non-hydrogen) atoms. The molecule has 1 rings (SSSR count). The minimum absolute atomic E-state index is 0.0983. The first-order valence-corrected chi connectivity index (χ1v) is 5.97. The summed E-state index contributed by atoms with van der Waals surface area (Å²) in [6.45, 7) is 4.01. The van der Waals surface area contributed by atoms with Crippen LogP contribution in [0.2, 0.25) is 0 Å². The standard InChI is InChI=1S/C9H15N5O2S/c1-5(2)12-6(15)3-4-11-7(16)8-13-14-9(10)17-8/h5H,3-4H2,1-2H3,(H2,10,14)(H,11,16)(H,12,15). The molecule has 0 radical (unpaired) electrons. The molecule has 1 heterocycles. The van der Waals surface area contributed by atoms with Crippen LogP contribution in [0.4, 0.5) is 5.13 Å². The molecule has 4 N–H and O–H groups in total. The average Bonchev–Trinajstić information content (AvgIpc) is 2.63. The molecule has 0 aliphatic carbocycles. The fourth-order valence-electron chi connectivity index (χ4n) is 1.09. The summed E-state index contributed by atoms with van der Waals surface area (Å²) < 4.78 is 0. The molecule has 0 bridgehead atoms. The van der Waals surface area contributed by atoms with E-state index in [-0.39, 0.29) is 41.0 Å². The second-order valence-corrected chi connectivity index (χ2v) is 4.68. The van der Waals surface area contributed by atoms with Crippen molar-refractivity contribution in [2.45, 2.75) is 26.3 Å². The van der Waals surface area contributed by atoms with Crippen LogP contribution in [-0.4, -0.2) is 34.6 Å². The molecule has 0 saturated carbocycles. The van der Waals surface area contributed by atoms with Crippen LogP contribution >= 0.6 is 11.3 Å². The van der Waals surface area contributed by atoms with Gasteiger partial charge < -0.3 is 16.4 Å². The Morgan fingerprint density at radius 3 is 2.65 bits per heavy atom. The SMILES string of the molecule is CC(C)NC(=O)CCNC(=O)c1nnc(N)s1. The zero-order valence-corrected chi connectivity index (χ0v) is 10.5. The van der Waals surface area contributed by atoms with Crippen LogP contribution in [0.5, 0.6) is 0 Å². The number of anilines is 1. The fraction of sp³-hybridized carbons (Fsp3) is 0.556.